The molecule has 1 fully saturated rings. The zero-order chi connectivity index (χ0) is 13.8. The van der Waals surface area contributed by atoms with E-state index in [9.17, 15) is 0 Å². The molecule has 0 heterocycles. The highest BCUT2D eigenvalue weighted by atomic mass is 14.9. The van der Waals surface area contributed by atoms with Gasteiger partial charge in [-0.2, -0.15) is 0 Å². The molecule has 106 valence electrons. The molecule has 0 saturated heterocycles. The zero-order valence-corrected chi connectivity index (χ0v) is 12.7. The molecule has 3 unspecified atom stereocenters. The SMILES string of the molecule is C/C=C\C1CCC(C)C1.CCCC(C)N/C=C\N. The molecule has 0 bridgehead atoms. The minimum absolute atomic E-state index is 0.551. The molecule has 1 aliphatic rings. The fraction of sp³-hybridized carbons (Fsp3) is 0.750. The number of allylic oxidation sites excluding steroid dienone is 2. The normalized spacial score (nSPS) is 25.1. The van der Waals surface area contributed by atoms with Crippen LogP contribution in [0.25, 0.3) is 0 Å². The van der Waals surface area contributed by atoms with E-state index in [1.165, 1.54) is 38.3 Å². The molecule has 1 saturated carbocycles. The van der Waals surface area contributed by atoms with Crippen LogP contribution in [0.3, 0.4) is 0 Å². The average molecular weight is 252 g/mol. The summed E-state index contributed by atoms with van der Waals surface area (Å²) >= 11 is 0. The molecule has 18 heavy (non-hydrogen) atoms. The summed E-state index contributed by atoms with van der Waals surface area (Å²) in [5.41, 5.74) is 5.13. The third-order valence-corrected chi connectivity index (χ3v) is 3.40. The van der Waals surface area contributed by atoms with Gasteiger partial charge >= 0.3 is 0 Å². The minimum atomic E-state index is 0.551. The number of hydrogen-bond acceptors (Lipinski definition) is 2. The van der Waals surface area contributed by atoms with Crippen molar-refractivity contribution in [2.24, 2.45) is 17.6 Å². The van der Waals surface area contributed by atoms with Crippen molar-refractivity contribution in [2.45, 2.75) is 65.8 Å². The molecule has 3 atom stereocenters. The summed E-state index contributed by atoms with van der Waals surface area (Å²) < 4.78 is 0. The van der Waals surface area contributed by atoms with E-state index in [4.69, 9.17) is 5.73 Å². The molecule has 0 aliphatic heterocycles. The van der Waals surface area contributed by atoms with Crippen molar-refractivity contribution in [3.8, 4) is 0 Å². The summed E-state index contributed by atoms with van der Waals surface area (Å²) in [5, 5.41) is 3.13. The third-order valence-electron chi connectivity index (χ3n) is 3.40. The summed E-state index contributed by atoms with van der Waals surface area (Å²) in [5.74, 6) is 1.89. The van der Waals surface area contributed by atoms with Crippen LogP contribution in [0, 0.1) is 11.8 Å². The summed E-state index contributed by atoms with van der Waals surface area (Å²) in [6.45, 7) is 8.78. The highest BCUT2D eigenvalue weighted by molar-refractivity contribution is 4.89. The Kier molecular flexibility index (Phi) is 10.6. The maximum Gasteiger partial charge on any atom is 0.0227 e. The highest BCUT2D eigenvalue weighted by Crippen LogP contribution is 2.30. The van der Waals surface area contributed by atoms with Gasteiger partial charge in [0.05, 0.1) is 0 Å². The zero-order valence-electron chi connectivity index (χ0n) is 12.7. The number of hydrogen-bond donors (Lipinski definition) is 2. The fourth-order valence-corrected chi connectivity index (χ4v) is 2.43. The maximum atomic E-state index is 5.13. The molecule has 0 aromatic carbocycles. The second-order valence-corrected chi connectivity index (χ2v) is 5.42. The van der Waals surface area contributed by atoms with E-state index in [-0.39, 0.29) is 0 Å². The van der Waals surface area contributed by atoms with Gasteiger partial charge in [-0.05, 0) is 44.9 Å². The number of rotatable bonds is 5. The quantitative estimate of drug-likeness (QED) is 0.720. The van der Waals surface area contributed by atoms with Gasteiger partial charge in [0.2, 0.25) is 0 Å². The topological polar surface area (TPSA) is 38.0 Å². The fourth-order valence-electron chi connectivity index (χ4n) is 2.43. The molecular weight excluding hydrogens is 220 g/mol. The summed E-state index contributed by atoms with van der Waals surface area (Å²) in [6.07, 6.45) is 14.5. The largest absolute Gasteiger partial charge is 0.403 e. The molecule has 0 amide bonds. The van der Waals surface area contributed by atoms with E-state index in [1.807, 2.05) is 0 Å². The molecule has 0 aromatic heterocycles. The summed E-state index contributed by atoms with van der Waals surface area (Å²) in [4.78, 5) is 0. The summed E-state index contributed by atoms with van der Waals surface area (Å²) in [6, 6.07) is 0.551. The smallest absolute Gasteiger partial charge is 0.0227 e. The molecule has 1 aliphatic carbocycles. The van der Waals surface area contributed by atoms with E-state index in [1.54, 1.807) is 6.20 Å². The first-order valence-electron chi connectivity index (χ1n) is 7.39. The Morgan fingerprint density at radius 1 is 1.39 bits per heavy atom. The van der Waals surface area contributed by atoms with Crippen molar-refractivity contribution < 1.29 is 0 Å². The predicted octanol–water partition coefficient (Wildman–Crippen LogP) is 4.19. The van der Waals surface area contributed by atoms with E-state index >= 15 is 0 Å². The molecule has 3 N–H and O–H groups in total. The predicted molar refractivity (Wildman–Crippen MR) is 82.2 cm³/mol. The van der Waals surface area contributed by atoms with Crippen molar-refractivity contribution in [3.63, 3.8) is 0 Å². The lowest BCUT2D eigenvalue weighted by Crippen LogP contribution is -2.19. The van der Waals surface area contributed by atoms with Gasteiger partial charge in [0, 0.05) is 18.4 Å². The second-order valence-electron chi connectivity index (χ2n) is 5.42. The van der Waals surface area contributed by atoms with Crippen LogP contribution in [0.15, 0.2) is 24.6 Å². The van der Waals surface area contributed by atoms with E-state index in [0.29, 0.717) is 6.04 Å². The molecule has 2 heteroatoms. The van der Waals surface area contributed by atoms with Crippen LogP contribution in [-0.4, -0.2) is 6.04 Å². The highest BCUT2D eigenvalue weighted by Gasteiger charge is 2.17. The number of nitrogens with two attached hydrogens (primary N) is 1. The van der Waals surface area contributed by atoms with Crippen LogP contribution < -0.4 is 11.1 Å². The van der Waals surface area contributed by atoms with Gasteiger partial charge in [-0.1, -0.05) is 38.8 Å². The Balaban J connectivity index is 0.000000321. The Morgan fingerprint density at radius 3 is 2.56 bits per heavy atom. The summed E-state index contributed by atoms with van der Waals surface area (Å²) in [7, 11) is 0. The standard InChI is InChI=1S/C9H16.C7H16N2/c1-3-4-9-6-5-8(2)7-9;1-3-4-7(2)9-6-5-8/h3-4,8-9H,5-7H2,1-2H3;5-7,9H,3-4,8H2,1-2H3/b4-3-;6-5-. The molecular formula is C16H32N2. The van der Waals surface area contributed by atoms with Crippen LogP contribution >= 0.6 is 0 Å². The van der Waals surface area contributed by atoms with Gasteiger partial charge in [-0.15, -0.1) is 0 Å². The van der Waals surface area contributed by atoms with E-state index in [2.05, 4.69) is 45.2 Å². The van der Waals surface area contributed by atoms with Crippen LogP contribution in [0.5, 0.6) is 0 Å². The molecule has 0 radical (unpaired) electrons. The molecule has 0 spiro atoms. The molecule has 0 aromatic rings. The van der Waals surface area contributed by atoms with Crippen molar-refractivity contribution in [1.29, 1.82) is 0 Å². The Bertz CT molecular complexity index is 233. The van der Waals surface area contributed by atoms with Crippen LogP contribution in [0.4, 0.5) is 0 Å². The van der Waals surface area contributed by atoms with Gasteiger partial charge in [0.25, 0.3) is 0 Å². The Morgan fingerprint density at radius 2 is 2.11 bits per heavy atom. The second kappa shape index (κ2) is 11.2. The van der Waals surface area contributed by atoms with Gasteiger partial charge in [0.15, 0.2) is 0 Å². The Hall–Kier alpha value is -0.920. The minimum Gasteiger partial charge on any atom is -0.403 e. The van der Waals surface area contributed by atoms with Gasteiger partial charge < -0.3 is 11.1 Å². The van der Waals surface area contributed by atoms with E-state index in [0.717, 1.165) is 11.8 Å². The number of nitrogens with one attached hydrogen (secondary N) is 1. The van der Waals surface area contributed by atoms with Crippen molar-refractivity contribution in [1.82, 2.24) is 5.32 Å². The van der Waals surface area contributed by atoms with Crippen LogP contribution in [0.2, 0.25) is 0 Å². The Labute approximate surface area is 114 Å². The first-order valence-corrected chi connectivity index (χ1v) is 7.39. The lowest BCUT2D eigenvalue weighted by atomic mass is 10.1. The first kappa shape index (κ1) is 17.1. The van der Waals surface area contributed by atoms with Gasteiger partial charge in [-0.25, -0.2) is 0 Å². The molecule has 1 rings (SSSR count). The average Bonchev–Trinajstić information content (AvgIpc) is 2.74. The van der Waals surface area contributed by atoms with Crippen molar-refractivity contribution >= 4 is 0 Å². The van der Waals surface area contributed by atoms with Crippen LogP contribution in [0.1, 0.15) is 59.8 Å². The van der Waals surface area contributed by atoms with Gasteiger partial charge in [0.1, 0.15) is 0 Å². The lowest BCUT2D eigenvalue weighted by Gasteiger charge is -2.08. The lowest BCUT2D eigenvalue weighted by molar-refractivity contribution is 0.577. The maximum absolute atomic E-state index is 5.13. The van der Waals surface area contributed by atoms with E-state index < -0.39 is 0 Å². The van der Waals surface area contributed by atoms with Crippen molar-refractivity contribution in [2.75, 3.05) is 0 Å². The monoisotopic (exact) mass is 252 g/mol. The third kappa shape index (κ3) is 9.15. The van der Waals surface area contributed by atoms with Gasteiger partial charge in [-0.3, -0.25) is 0 Å². The molecule has 2 nitrogen and oxygen atoms in total. The van der Waals surface area contributed by atoms with Crippen LogP contribution in [-0.2, 0) is 0 Å². The first-order chi connectivity index (χ1) is 8.63. The van der Waals surface area contributed by atoms with Crippen molar-refractivity contribution in [3.05, 3.63) is 24.6 Å².